The van der Waals surface area contributed by atoms with Crippen molar-refractivity contribution < 1.29 is 27.5 Å². The largest absolute Gasteiger partial charge is 0.466 e. The summed E-state index contributed by atoms with van der Waals surface area (Å²) in [4.78, 5) is 27.8. The number of carbonyl (C=O) groups excluding carboxylic acids is 2. The van der Waals surface area contributed by atoms with Crippen LogP contribution >= 0.6 is 0 Å². The number of nitrogens with two attached hydrogens (primary N) is 1. The summed E-state index contributed by atoms with van der Waals surface area (Å²) in [6.45, 7) is 2.53. The van der Waals surface area contributed by atoms with Crippen LogP contribution in [0.5, 0.6) is 0 Å². The molecule has 2 aliphatic heterocycles. The van der Waals surface area contributed by atoms with E-state index in [-0.39, 0.29) is 33.2 Å². The zero-order chi connectivity index (χ0) is 28.3. The summed E-state index contributed by atoms with van der Waals surface area (Å²) in [6, 6.07) is 15.3. The van der Waals surface area contributed by atoms with E-state index in [0.717, 1.165) is 26.4 Å². The van der Waals surface area contributed by atoms with E-state index in [2.05, 4.69) is 6.07 Å². The van der Waals surface area contributed by atoms with Gasteiger partial charge in [-0.05, 0) is 43.0 Å². The standard InChI is InChI=1S/C28H30N4O6S/c1-18-12-13-20(39(35,36)31-14-8-5-9-15-31)16-22(18)32-25(28(34)38-3)24(27(33)37-2)23(21(17-29)26(32)30)19-10-6-4-7-11-19/h4,6-7,10-13,16,23H,5,8-9,14-15,30H2,1-3H3. The first-order chi connectivity index (χ1) is 18.7. The number of aryl methyl sites for hydroxylation is 1. The topological polar surface area (TPSA) is 143 Å². The highest BCUT2D eigenvalue weighted by Gasteiger charge is 2.43. The molecule has 0 radical (unpaired) electrons. The van der Waals surface area contributed by atoms with Gasteiger partial charge in [0.25, 0.3) is 0 Å². The van der Waals surface area contributed by atoms with Gasteiger partial charge in [-0.15, -0.1) is 0 Å². The second kappa shape index (κ2) is 11.3. The highest BCUT2D eigenvalue weighted by molar-refractivity contribution is 7.89. The Balaban J connectivity index is 2.01. The molecule has 0 saturated carbocycles. The quantitative estimate of drug-likeness (QED) is 0.537. The van der Waals surface area contributed by atoms with Crippen LogP contribution in [0.3, 0.4) is 0 Å². The summed E-state index contributed by atoms with van der Waals surface area (Å²) >= 11 is 0. The van der Waals surface area contributed by atoms with Crippen LogP contribution in [0.1, 0.15) is 36.3 Å². The number of carbonyl (C=O) groups is 2. The van der Waals surface area contributed by atoms with Gasteiger partial charge in [-0.2, -0.15) is 9.57 Å². The van der Waals surface area contributed by atoms with Crippen LogP contribution in [0.2, 0.25) is 0 Å². The SMILES string of the molecule is COC(=O)C1=C(C(=O)OC)N(c2cc(S(=O)(=O)N3CCCCC3)ccc2C)C(N)=C(C#N)C1c1ccccc1. The minimum Gasteiger partial charge on any atom is -0.466 e. The first-order valence-corrected chi connectivity index (χ1v) is 13.9. The molecule has 2 aromatic rings. The molecule has 0 amide bonds. The third-order valence-corrected chi connectivity index (χ3v) is 8.88. The van der Waals surface area contributed by atoms with Gasteiger partial charge >= 0.3 is 11.9 Å². The predicted molar refractivity (Wildman–Crippen MR) is 143 cm³/mol. The third kappa shape index (κ3) is 5.01. The summed E-state index contributed by atoms with van der Waals surface area (Å²) in [7, 11) is -1.52. The molecule has 1 unspecified atom stereocenters. The summed E-state index contributed by atoms with van der Waals surface area (Å²) in [5.74, 6) is -2.91. The smallest absolute Gasteiger partial charge is 0.355 e. The maximum atomic E-state index is 13.5. The van der Waals surface area contributed by atoms with Gasteiger partial charge in [-0.25, -0.2) is 18.0 Å². The van der Waals surface area contributed by atoms with Crippen molar-refractivity contribution in [2.24, 2.45) is 5.73 Å². The number of esters is 2. The molecule has 4 rings (SSSR count). The number of rotatable bonds is 6. The Bertz CT molecular complexity index is 1500. The fourth-order valence-electron chi connectivity index (χ4n) is 5.01. The molecule has 1 fully saturated rings. The predicted octanol–water partition coefficient (Wildman–Crippen LogP) is 3.07. The molecule has 2 aromatic carbocycles. The van der Waals surface area contributed by atoms with Crippen molar-refractivity contribution >= 4 is 27.6 Å². The fraction of sp³-hybridized carbons (Fsp3) is 0.321. The molecule has 204 valence electrons. The number of piperidine rings is 1. The molecule has 2 N–H and O–H groups in total. The maximum Gasteiger partial charge on any atom is 0.355 e. The average Bonchev–Trinajstić information content (AvgIpc) is 2.96. The van der Waals surface area contributed by atoms with Crippen molar-refractivity contribution in [1.29, 1.82) is 5.26 Å². The first kappa shape index (κ1) is 27.9. The number of nitriles is 1. The Morgan fingerprint density at radius 2 is 1.64 bits per heavy atom. The molecule has 1 saturated heterocycles. The van der Waals surface area contributed by atoms with Crippen molar-refractivity contribution in [3.63, 3.8) is 0 Å². The lowest BCUT2D eigenvalue weighted by Crippen LogP contribution is -2.41. The molecule has 2 heterocycles. The Morgan fingerprint density at radius 1 is 1.00 bits per heavy atom. The number of benzene rings is 2. The number of ether oxygens (including phenoxy) is 2. The average molecular weight is 551 g/mol. The monoisotopic (exact) mass is 550 g/mol. The van der Waals surface area contributed by atoms with E-state index in [0.29, 0.717) is 24.2 Å². The van der Waals surface area contributed by atoms with Crippen LogP contribution < -0.4 is 10.6 Å². The lowest BCUT2D eigenvalue weighted by atomic mass is 9.81. The van der Waals surface area contributed by atoms with Gasteiger partial charge in [0, 0.05) is 13.1 Å². The Hall–Kier alpha value is -4.14. The number of hydrogen-bond acceptors (Lipinski definition) is 9. The van der Waals surface area contributed by atoms with E-state index in [1.165, 1.54) is 28.4 Å². The third-order valence-electron chi connectivity index (χ3n) is 6.98. The van der Waals surface area contributed by atoms with Gasteiger partial charge in [0.1, 0.15) is 11.5 Å². The number of anilines is 1. The Morgan fingerprint density at radius 3 is 2.23 bits per heavy atom. The second-order valence-electron chi connectivity index (χ2n) is 9.25. The highest BCUT2D eigenvalue weighted by Crippen LogP contribution is 2.44. The number of methoxy groups -OCH3 is 2. The number of nitrogens with zero attached hydrogens (tertiary/aromatic N) is 3. The molecule has 11 heteroatoms. The normalized spacial score (nSPS) is 18.5. The zero-order valence-electron chi connectivity index (χ0n) is 22.0. The van der Waals surface area contributed by atoms with E-state index >= 15 is 0 Å². The van der Waals surface area contributed by atoms with E-state index in [1.807, 2.05) is 0 Å². The molecule has 1 atom stereocenters. The van der Waals surface area contributed by atoms with E-state index in [4.69, 9.17) is 15.2 Å². The Labute approximate surface area is 227 Å². The molecule has 0 bridgehead atoms. The van der Waals surface area contributed by atoms with Crippen LogP contribution in [-0.2, 0) is 29.1 Å². The zero-order valence-corrected chi connectivity index (χ0v) is 22.8. The van der Waals surface area contributed by atoms with Crippen molar-refractivity contribution in [1.82, 2.24) is 4.31 Å². The van der Waals surface area contributed by atoms with Gasteiger partial charge in [0.15, 0.2) is 0 Å². The van der Waals surface area contributed by atoms with Crippen molar-refractivity contribution in [3.8, 4) is 6.07 Å². The maximum absolute atomic E-state index is 13.5. The molecular formula is C28H30N4O6S. The van der Waals surface area contributed by atoms with E-state index < -0.39 is 27.9 Å². The molecule has 39 heavy (non-hydrogen) atoms. The van der Waals surface area contributed by atoms with Crippen molar-refractivity contribution in [2.45, 2.75) is 37.0 Å². The molecule has 0 aliphatic carbocycles. The number of sulfonamides is 1. The lowest BCUT2D eigenvalue weighted by molar-refractivity contribution is -0.139. The fourth-order valence-corrected chi connectivity index (χ4v) is 6.55. The van der Waals surface area contributed by atoms with Crippen LogP contribution in [0.15, 0.2) is 76.1 Å². The van der Waals surface area contributed by atoms with Crippen LogP contribution in [0, 0.1) is 18.3 Å². The summed E-state index contributed by atoms with van der Waals surface area (Å²) in [6.07, 6.45) is 2.50. The first-order valence-electron chi connectivity index (χ1n) is 12.4. The molecule has 0 aromatic heterocycles. The van der Waals surface area contributed by atoms with Crippen LogP contribution in [0.4, 0.5) is 5.69 Å². The van der Waals surface area contributed by atoms with Crippen LogP contribution in [0.25, 0.3) is 0 Å². The summed E-state index contributed by atoms with van der Waals surface area (Å²) in [5, 5.41) is 10.2. The lowest BCUT2D eigenvalue weighted by Gasteiger charge is -2.36. The second-order valence-corrected chi connectivity index (χ2v) is 11.2. The van der Waals surface area contributed by atoms with Gasteiger partial charge in [-0.1, -0.05) is 42.8 Å². The molecular weight excluding hydrogens is 520 g/mol. The minimum atomic E-state index is -3.85. The van der Waals surface area contributed by atoms with E-state index in [1.54, 1.807) is 43.3 Å². The van der Waals surface area contributed by atoms with Gasteiger partial charge in [-0.3, -0.25) is 4.90 Å². The van der Waals surface area contributed by atoms with Crippen LogP contribution in [-0.4, -0.2) is 52.0 Å². The van der Waals surface area contributed by atoms with E-state index in [9.17, 15) is 23.3 Å². The van der Waals surface area contributed by atoms with Gasteiger partial charge < -0.3 is 15.2 Å². The van der Waals surface area contributed by atoms with Crippen molar-refractivity contribution in [2.75, 3.05) is 32.2 Å². The number of allylic oxidation sites excluding steroid dienone is 1. The summed E-state index contributed by atoms with van der Waals surface area (Å²) in [5.41, 5.74) is 7.48. The molecule has 2 aliphatic rings. The van der Waals surface area contributed by atoms with Gasteiger partial charge in [0.05, 0.1) is 47.9 Å². The minimum absolute atomic E-state index is 0.00190. The Kier molecular flexibility index (Phi) is 8.09. The highest BCUT2D eigenvalue weighted by atomic mass is 32.2. The molecule has 10 nitrogen and oxygen atoms in total. The number of hydrogen-bond donors (Lipinski definition) is 1. The van der Waals surface area contributed by atoms with Gasteiger partial charge in [0.2, 0.25) is 10.0 Å². The molecule has 0 spiro atoms. The van der Waals surface area contributed by atoms with Crippen molar-refractivity contribution in [3.05, 3.63) is 82.3 Å². The summed E-state index contributed by atoms with van der Waals surface area (Å²) < 4.78 is 38.6.